The highest BCUT2D eigenvalue weighted by molar-refractivity contribution is 6.38. The van der Waals surface area contributed by atoms with Gasteiger partial charge in [-0.3, -0.25) is 24.0 Å². The number of nitrogens with one attached hydrogen (secondary N) is 4. The lowest BCUT2D eigenvalue weighted by Gasteiger charge is -2.26. The number of rotatable bonds is 17. The Bertz CT molecular complexity index is 1410. The Labute approximate surface area is 268 Å². The van der Waals surface area contributed by atoms with Gasteiger partial charge in [-0.05, 0) is 41.5 Å². The van der Waals surface area contributed by atoms with Crippen LogP contribution in [-0.4, -0.2) is 60.2 Å². The third-order valence-corrected chi connectivity index (χ3v) is 7.16. The molecule has 13 heteroatoms. The minimum Gasteiger partial charge on any atom is -0.445 e. The normalized spacial score (nSPS) is 13.2. The Morgan fingerprint density at radius 2 is 1.52 bits per heavy atom. The number of nitrogens with zero attached hydrogens (tertiary/aromatic N) is 1. The molecule has 6 N–H and O–H groups in total. The van der Waals surface area contributed by atoms with Gasteiger partial charge >= 0.3 is 6.09 Å². The first-order chi connectivity index (χ1) is 21.8. The highest BCUT2D eigenvalue weighted by Gasteiger charge is 2.34. The number of hydrogen-bond donors (Lipinski definition) is 5. The second kappa shape index (κ2) is 18.5. The van der Waals surface area contributed by atoms with Gasteiger partial charge < -0.3 is 31.7 Å². The fourth-order valence-corrected chi connectivity index (χ4v) is 4.37. The van der Waals surface area contributed by atoms with Crippen LogP contribution in [0.2, 0.25) is 0 Å². The summed E-state index contributed by atoms with van der Waals surface area (Å²) in [6, 6.07) is 14.0. The number of nitriles is 1. The van der Waals surface area contributed by atoms with Gasteiger partial charge in [0, 0.05) is 6.42 Å². The van der Waals surface area contributed by atoms with Gasteiger partial charge in [-0.2, -0.15) is 5.26 Å². The molecule has 0 bridgehead atoms. The SMILES string of the molecule is CCC(C)C(NC(=O)C(CC(C)C)NC(=O)OCc1ccccc1)C(=O)C(=O)NCC(=O)NC(Cc1ccc(C#N)cc1)C(N)=O. The van der Waals surface area contributed by atoms with Crippen LogP contribution in [0.1, 0.15) is 57.2 Å². The Morgan fingerprint density at radius 1 is 0.870 bits per heavy atom. The predicted octanol–water partition coefficient (Wildman–Crippen LogP) is 1.63. The molecule has 2 rings (SSSR count). The Balaban J connectivity index is 2.01. The molecule has 46 heavy (non-hydrogen) atoms. The first-order valence-electron chi connectivity index (χ1n) is 15.0. The molecule has 2 aromatic rings. The van der Waals surface area contributed by atoms with Crippen molar-refractivity contribution in [2.24, 2.45) is 17.6 Å². The molecule has 0 heterocycles. The van der Waals surface area contributed by atoms with E-state index in [1.807, 2.05) is 26.0 Å². The first-order valence-corrected chi connectivity index (χ1v) is 15.0. The fraction of sp³-hybridized carbons (Fsp3) is 0.424. The van der Waals surface area contributed by atoms with Crippen LogP contribution in [0.3, 0.4) is 0 Å². The average molecular weight is 635 g/mol. The molecule has 4 atom stereocenters. The highest BCUT2D eigenvalue weighted by atomic mass is 16.5. The summed E-state index contributed by atoms with van der Waals surface area (Å²) >= 11 is 0. The zero-order valence-electron chi connectivity index (χ0n) is 26.5. The van der Waals surface area contributed by atoms with Crippen molar-refractivity contribution >= 4 is 35.5 Å². The molecule has 0 saturated heterocycles. The van der Waals surface area contributed by atoms with E-state index in [0.717, 1.165) is 5.56 Å². The molecule has 0 saturated carbocycles. The lowest BCUT2D eigenvalue weighted by molar-refractivity contribution is -0.141. The van der Waals surface area contributed by atoms with Gasteiger partial charge in [0.05, 0.1) is 24.2 Å². The zero-order chi connectivity index (χ0) is 34.2. The molecular weight excluding hydrogens is 592 g/mol. The van der Waals surface area contributed by atoms with Crippen LogP contribution in [0.15, 0.2) is 54.6 Å². The van der Waals surface area contributed by atoms with Crippen molar-refractivity contribution in [3.63, 3.8) is 0 Å². The number of carbonyl (C=O) groups is 6. The molecule has 0 aromatic heterocycles. The van der Waals surface area contributed by atoms with Crippen molar-refractivity contribution in [1.82, 2.24) is 21.3 Å². The van der Waals surface area contributed by atoms with E-state index in [1.54, 1.807) is 62.4 Å². The maximum absolute atomic E-state index is 13.3. The molecule has 246 valence electrons. The molecular formula is C33H42N6O7. The second-order valence-corrected chi connectivity index (χ2v) is 11.3. The van der Waals surface area contributed by atoms with E-state index in [9.17, 15) is 28.8 Å². The standard InChI is InChI=1S/C33H42N6O7/c1-5-21(4)28(39-31(43)26(15-20(2)3)38-33(45)46-19-24-9-7-6-8-10-24)29(41)32(44)36-18-27(40)37-25(30(35)42)16-22-11-13-23(17-34)14-12-22/h6-14,20-21,25-26,28H,5,15-16,18-19H2,1-4H3,(H2,35,42)(H,36,44)(H,37,40)(H,38,45)(H,39,43). The zero-order valence-corrected chi connectivity index (χ0v) is 26.5. The molecule has 0 aliphatic heterocycles. The summed E-state index contributed by atoms with van der Waals surface area (Å²) in [6.45, 7) is 6.56. The van der Waals surface area contributed by atoms with E-state index in [4.69, 9.17) is 15.7 Å². The molecule has 0 aliphatic carbocycles. The average Bonchev–Trinajstić information content (AvgIpc) is 3.04. The summed E-state index contributed by atoms with van der Waals surface area (Å²) in [5.74, 6) is -4.81. The van der Waals surface area contributed by atoms with Crippen LogP contribution < -0.4 is 27.0 Å². The van der Waals surface area contributed by atoms with E-state index in [1.165, 1.54) is 0 Å². The summed E-state index contributed by atoms with van der Waals surface area (Å²) < 4.78 is 5.25. The van der Waals surface area contributed by atoms with Gasteiger partial charge in [0.25, 0.3) is 5.91 Å². The maximum atomic E-state index is 13.3. The van der Waals surface area contributed by atoms with Gasteiger partial charge in [-0.15, -0.1) is 0 Å². The Morgan fingerprint density at radius 3 is 2.09 bits per heavy atom. The lowest BCUT2D eigenvalue weighted by atomic mass is 9.94. The predicted molar refractivity (Wildman–Crippen MR) is 168 cm³/mol. The number of ether oxygens (including phenoxy) is 1. The van der Waals surface area contributed by atoms with Crippen molar-refractivity contribution < 1.29 is 33.5 Å². The second-order valence-electron chi connectivity index (χ2n) is 11.3. The number of Topliss-reactive ketones (excluding diaryl/α,β-unsaturated/α-hetero) is 1. The van der Waals surface area contributed by atoms with Crippen molar-refractivity contribution in [2.45, 2.75) is 71.7 Å². The summed E-state index contributed by atoms with van der Waals surface area (Å²) in [7, 11) is 0. The third kappa shape index (κ3) is 12.4. The Hall–Kier alpha value is -5.25. The minimum absolute atomic E-state index is 0.0000439. The van der Waals surface area contributed by atoms with Gasteiger partial charge in [-0.1, -0.05) is 76.6 Å². The molecule has 4 unspecified atom stereocenters. The van der Waals surface area contributed by atoms with Crippen molar-refractivity contribution in [3.8, 4) is 6.07 Å². The van der Waals surface area contributed by atoms with Gasteiger partial charge in [0.1, 0.15) is 18.7 Å². The van der Waals surface area contributed by atoms with E-state index in [2.05, 4.69) is 21.3 Å². The number of alkyl carbamates (subject to hydrolysis) is 1. The highest BCUT2D eigenvalue weighted by Crippen LogP contribution is 2.12. The molecule has 0 radical (unpaired) electrons. The van der Waals surface area contributed by atoms with Crippen molar-refractivity contribution in [2.75, 3.05) is 6.54 Å². The molecule has 0 aliphatic rings. The topological polar surface area (TPSA) is 210 Å². The van der Waals surface area contributed by atoms with Crippen LogP contribution in [0.25, 0.3) is 0 Å². The molecule has 13 nitrogen and oxygen atoms in total. The van der Waals surface area contributed by atoms with Crippen LogP contribution in [0, 0.1) is 23.2 Å². The number of nitrogens with two attached hydrogens (primary N) is 1. The van der Waals surface area contributed by atoms with E-state index < -0.39 is 66.1 Å². The van der Waals surface area contributed by atoms with Crippen molar-refractivity contribution in [1.29, 1.82) is 5.26 Å². The number of amides is 5. The monoisotopic (exact) mass is 634 g/mol. The molecule has 2 aromatic carbocycles. The lowest BCUT2D eigenvalue weighted by Crippen LogP contribution is -2.56. The van der Waals surface area contributed by atoms with Gasteiger partial charge in [-0.25, -0.2) is 4.79 Å². The number of primary amides is 1. The number of ketones is 1. The van der Waals surface area contributed by atoms with E-state index >= 15 is 0 Å². The minimum atomic E-state index is -1.24. The van der Waals surface area contributed by atoms with E-state index in [-0.39, 0.29) is 25.4 Å². The fourth-order valence-electron chi connectivity index (χ4n) is 4.37. The van der Waals surface area contributed by atoms with Crippen molar-refractivity contribution in [3.05, 3.63) is 71.3 Å². The number of hydrogen-bond acceptors (Lipinski definition) is 8. The van der Waals surface area contributed by atoms with Crippen LogP contribution in [0.4, 0.5) is 4.79 Å². The van der Waals surface area contributed by atoms with Crippen LogP contribution in [0.5, 0.6) is 0 Å². The molecule has 0 fully saturated rings. The van der Waals surface area contributed by atoms with Crippen LogP contribution in [-0.2, 0) is 41.7 Å². The molecule has 0 spiro atoms. The quantitative estimate of drug-likeness (QED) is 0.161. The summed E-state index contributed by atoms with van der Waals surface area (Å²) in [5.41, 5.74) is 7.27. The van der Waals surface area contributed by atoms with Gasteiger partial charge in [0.2, 0.25) is 23.5 Å². The van der Waals surface area contributed by atoms with Gasteiger partial charge in [0.15, 0.2) is 0 Å². The maximum Gasteiger partial charge on any atom is 0.408 e. The largest absolute Gasteiger partial charge is 0.445 e. The van der Waals surface area contributed by atoms with Crippen LogP contribution >= 0.6 is 0 Å². The number of carbonyl (C=O) groups excluding carboxylic acids is 6. The Kier molecular flexibility index (Phi) is 14.9. The summed E-state index contributed by atoms with van der Waals surface area (Å²) in [6.07, 6.45) is -0.0914. The van der Waals surface area contributed by atoms with E-state index in [0.29, 0.717) is 17.5 Å². The summed E-state index contributed by atoms with van der Waals surface area (Å²) in [5, 5.41) is 18.8. The number of benzene rings is 2. The third-order valence-electron chi connectivity index (χ3n) is 7.16. The first kappa shape index (κ1) is 36.9. The molecule has 5 amide bonds. The summed E-state index contributed by atoms with van der Waals surface area (Å²) in [4.78, 5) is 76.3. The smallest absolute Gasteiger partial charge is 0.408 e.